The van der Waals surface area contributed by atoms with Gasteiger partial charge in [0.1, 0.15) is 0 Å². The molecule has 1 aliphatic rings. The predicted molar refractivity (Wildman–Crippen MR) is 97.0 cm³/mol. The van der Waals surface area contributed by atoms with Crippen molar-refractivity contribution in [1.82, 2.24) is 25.5 Å². The number of benzene rings is 1. The van der Waals surface area contributed by atoms with Crippen LogP contribution < -0.4 is 15.1 Å². The Hall–Kier alpha value is -2.95. The Morgan fingerprint density at radius 2 is 2.04 bits per heavy atom. The first kappa shape index (κ1) is 17.5. The Bertz CT molecular complexity index is 891. The molecule has 3 heterocycles. The highest BCUT2D eigenvalue weighted by Gasteiger charge is 2.23. The van der Waals surface area contributed by atoms with Gasteiger partial charge in [-0.15, -0.1) is 5.10 Å². The Kier molecular flexibility index (Phi) is 5.28. The number of piperidine rings is 1. The summed E-state index contributed by atoms with van der Waals surface area (Å²) < 4.78 is 6.80. The smallest absolute Gasteiger partial charge is 0.288 e. The SMILES string of the molecule is O=C(CSc1nnnn1-c1ccccc1)Nc1c[n+](N2CCCCC2)no1. The van der Waals surface area contributed by atoms with Gasteiger partial charge in [-0.2, -0.15) is 9.69 Å². The maximum absolute atomic E-state index is 12.2. The van der Waals surface area contributed by atoms with Crippen molar-refractivity contribution in [2.45, 2.75) is 24.4 Å². The molecule has 1 N–H and O–H groups in total. The van der Waals surface area contributed by atoms with Crippen molar-refractivity contribution >= 4 is 23.6 Å². The van der Waals surface area contributed by atoms with E-state index in [1.54, 1.807) is 15.7 Å². The van der Waals surface area contributed by atoms with Crippen LogP contribution in [0.4, 0.5) is 5.88 Å². The number of carbonyl (C=O) groups is 1. The first-order valence-electron chi connectivity index (χ1n) is 8.70. The molecule has 11 heteroatoms. The van der Waals surface area contributed by atoms with Gasteiger partial charge in [-0.25, -0.2) is 0 Å². The number of hydrogen-bond donors (Lipinski definition) is 1. The molecule has 0 aliphatic carbocycles. The van der Waals surface area contributed by atoms with Gasteiger partial charge in [0, 0.05) is 0 Å². The van der Waals surface area contributed by atoms with Crippen molar-refractivity contribution in [3.8, 4) is 5.69 Å². The second-order valence-electron chi connectivity index (χ2n) is 6.05. The molecule has 2 aromatic heterocycles. The van der Waals surface area contributed by atoms with E-state index in [2.05, 4.69) is 31.1 Å². The normalized spacial score (nSPS) is 14.3. The zero-order valence-corrected chi connectivity index (χ0v) is 15.4. The average molecular weight is 387 g/mol. The van der Waals surface area contributed by atoms with Crippen LogP contribution in [0.2, 0.25) is 0 Å². The fourth-order valence-corrected chi connectivity index (χ4v) is 3.50. The van der Waals surface area contributed by atoms with E-state index in [0.717, 1.165) is 31.6 Å². The number of nitrogens with one attached hydrogen (secondary N) is 1. The van der Waals surface area contributed by atoms with Crippen molar-refractivity contribution in [1.29, 1.82) is 0 Å². The van der Waals surface area contributed by atoms with Crippen molar-refractivity contribution in [2.24, 2.45) is 0 Å². The lowest BCUT2D eigenvalue weighted by Gasteiger charge is -2.17. The minimum absolute atomic E-state index is 0.150. The second-order valence-corrected chi connectivity index (χ2v) is 6.99. The van der Waals surface area contributed by atoms with E-state index >= 15 is 0 Å². The van der Waals surface area contributed by atoms with Crippen molar-refractivity contribution in [3.05, 3.63) is 36.5 Å². The molecule has 0 atom stereocenters. The maximum atomic E-state index is 12.2. The third-order valence-electron chi connectivity index (χ3n) is 4.11. The Labute approximate surface area is 159 Å². The number of rotatable bonds is 6. The molecule has 1 aliphatic heterocycles. The summed E-state index contributed by atoms with van der Waals surface area (Å²) >= 11 is 1.25. The lowest BCUT2D eigenvalue weighted by Crippen LogP contribution is -2.60. The van der Waals surface area contributed by atoms with E-state index in [1.165, 1.54) is 18.2 Å². The summed E-state index contributed by atoms with van der Waals surface area (Å²) in [7, 11) is 0. The molecule has 1 amide bonds. The summed E-state index contributed by atoms with van der Waals surface area (Å²) in [5, 5.41) is 20.9. The number of carbonyl (C=O) groups excluding carboxylic acids is 1. The van der Waals surface area contributed by atoms with Crippen molar-refractivity contribution < 1.29 is 14.1 Å². The van der Waals surface area contributed by atoms with Gasteiger partial charge < -0.3 is 0 Å². The Morgan fingerprint density at radius 3 is 2.85 bits per heavy atom. The number of aromatic nitrogens is 6. The lowest BCUT2D eigenvalue weighted by atomic mass is 10.2. The first-order chi connectivity index (χ1) is 13.3. The highest BCUT2D eigenvalue weighted by atomic mass is 32.2. The fraction of sp³-hybridized carbons (Fsp3) is 0.375. The van der Waals surface area contributed by atoms with E-state index in [4.69, 9.17) is 4.52 Å². The highest BCUT2D eigenvalue weighted by molar-refractivity contribution is 7.99. The highest BCUT2D eigenvalue weighted by Crippen LogP contribution is 2.18. The van der Waals surface area contributed by atoms with Gasteiger partial charge >= 0.3 is 5.88 Å². The molecule has 140 valence electrons. The second kappa shape index (κ2) is 8.16. The van der Waals surface area contributed by atoms with Crippen LogP contribution in [-0.2, 0) is 4.79 Å². The zero-order chi connectivity index (χ0) is 18.5. The van der Waals surface area contributed by atoms with E-state index < -0.39 is 0 Å². The quantitative estimate of drug-likeness (QED) is 0.489. The molecule has 1 fully saturated rings. The molecule has 1 saturated heterocycles. The van der Waals surface area contributed by atoms with Crippen LogP contribution in [0.3, 0.4) is 0 Å². The summed E-state index contributed by atoms with van der Waals surface area (Å²) in [6.45, 7) is 1.87. The number of tetrazole rings is 1. The monoisotopic (exact) mass is 387 g/mol. The van der Waals surface area contributed by atoms with Crippen LogP contribution in [0, 0.1) is 0 Å². The van der Waals surface area contributed by atoms with Gasteiger partial charge in [0.25, 0.3) is 6.20 Å². The van der Waals surface area contributed by atoms with E-state index in [0.29, 0.717) is 11.0 Å². The number of hydrogen-bond acceptors (Lipinski definition) is 8. The van der Waals surface area contributed by atoms with Gasteiger partial charge in [0.05, 0.1) is 29.3 Å². The summed E-state index contributed by atoms with van der Waals surface area (Å²) in [6, 6.07) is 9.52. The first-order valence-corrected chi connectivity index (χ1v) is 9.68. The Morgan fingerprint density at radius 1 is 1.22 bits per heavy atom. The van der Waals surface area contributed by atoms with Gasteiger partial charge in [-0.3, -0.25) is 14.6 Å². The molecule has 10 nitrogen and oxygen atoms in total. The molecule has 3 aromatic rings. The number of thioether (sulfide) groups is 1. The van der Waals surface area contributed by atoms with Crippen LogP contribution in [0.5, 0.6) is 0 Å². The van der Waals surface area contributed by atoms with Crippen molar-refractivity contribution in [3.63, 3.8) is 0 Å². The standard InChI is InChI=1S/C16H18N8O2S/c25-14(17-15-11-23(21-26-15)22-9-5-2-6-10-22)12-27-16-18-19-20-24(16)13-7-3-1-4-8-13/h1,3-4,7-8,11H,2,5-6,9-10,12H2/p+1. The zero-order valence-electron chi connectivity index (χ0n) is 14.6. The molecule has 0 unspecified atom stereocenters. The molecule has 4 rings (SSSR count). The van der Waals surface area contributed by atoms with E-state index in [1.807, 2.05) is 30.3 Å². The average Bonchev–Trinajstić information content (AvgIpc) is 3.37. The molecule has 1 aromatic carbocycles. The summed E-state index contributed by atoms with van der Waals surface area (Å²) in [5.41, 5.74) is 0.836. The molecule has 0 radical (unpaired) electrons. The van der Waals surface area contributed by atoms with Gasteiger partial charge in [-0.1, -0.05) is 30.0 Å². The van der Waals surface area contributed by atoms with E-state index in [9.17, 15) is 4.79 Å². The summed E-state index contributed by atoms with van der Waals surface area (Å²) in [4.78, 5) is 13.9. The topological polar surface area (TPSA) is 106 Å². The van der Waals surface area contributed by atoms with Gasteiger partial charge in [0.15, 0.2) is 0 Å². The van der Waals surface area contributed by atoms with Crippen LogP contribution in [0.25, 0.3) is 5.69 Å². The van der Waals surface area contributed by atoms with Crippen LogP contribution in [0.15, 0.2) is 46.2 Å². The predicted octanol–water partition coefficient (Wildman–Crippen LogP) is 0.790. The minimum atomic E-state index is -0.218. The fourth-order valence-electron chi connectivity index (χ4n) is 2.81. The number of amides is 1. The molecule has 0 saturated carbocycles. The van der Waals surface area contributed by atoms with Crippen molar-refractivity contribution in [2.75, 3.05) is 29.2 Å². The van der Waals surface area contributed by atoms with Crippen LogP contribution >= 0.6 is 11.8 Å². The summed E-state index contributed by atoms with van der Waals surface area (Å²) in [6.07, 6.45) is 5.18. The van der Waals surface area contributed by atoms with Gasteiger partial charge in [0.2, 0.25) is 16.3 Å². The third-order valence-corrected chi connectivity index (χ3v) is 5.03. The number of nitrogens with zero attached hydrogens (tertiary/aromatic N) is 7. The van der Waals surface area contributed by atoms with Crippen LogP contribution in [0.1, 0.15) is 19.3 Å². The number of para-hydroxylation sites is 1. The largest absolute Gasteiger partial charge is 0.305 e. The Balaban J connectivity index is 1.33. The molecule has 0 spiro atoms. The maximum Gasteiger partial charge on any atom is 0.305 e. The molecular weight excluding hydrogens is 368 g/mol. The molecule has 27 heavy (non-hydrogen) atoms. The number of anilines is 1. The molecular formula is C16H19N8O2S+. The minimum Gasteiger partial charge on any atom is -0.288 e. The third kappa shape index (κ3) is 4.25. The van der Waals surface area contributed by atoms with Gasteiger partial charge in [-0.05, 0) is 41.8 Å². The summed E-state index contributed by atoms with van der Waals surface area (Å²) in [5.74, 6) is 0.246. The lowest BCUT2D eigenvalue weighted by molar-refractivity contribution is -0.759. The molecule has 0 bridgehead atoms. The van der Waals surface area contributed by atoms with E-state index in [-0.39, 0.29) is 11.7 Å². The van der Waals surface area contributed by atoms with Crippen LogP contribution in [-0.4, -0.2) is 50.2 Å².